The number of carbonyl (C=O) groups is 1. The van der Waals surface area contributed by atoms with Crippen LogP contribution in [0.5, 0.6) is 0 Å². The van der Waals surface area contributed by atoms with E-state index in [1.54, 1.807) is 0 Å². The quantitative estimate of drug-likeness (QED) is 0.618. The van der Waals surface area contributed by atoms with Gasteiger partial charge in [0, 0.05) is 0 Å². The van der Waals surface area contributed by atoms with Crippen LogP contribution in [0.2, 0.25) is 0 Å². The number of anilines is 1. The lowest BCUT2D eigenvalue weighted by Crippen LogP contribution is -2.21. The first-order valence-electron chi connectivity index (χ1n) is 2.98. The molecule has 0 saturated carbocycles. The normalized spacial score (nSPS) is 9.50. The molecule has 1 rings (SSSR count). The summed E-state index contributed by atoms with van der Waals surface area (Å²) in [5, 5.41) is 1.83. The maximum absolute atomic E-state index is 12.6. The van der Waals surface area contributed by atoms with E-state index < -0.39 is 23.6 Å². The van der Waals surface area contributed by atoms with Crippen molar-refractivity contribution in [3.8, 4) is 0 Å². The summed E-state index contributed by atoms with van der Waals surface area (Å²) >= 11 is 0. The number of nitrogens with one attached hydrogen (secondary N) is 1. The van der Waals surface area contributed by atoms with Gasteiger partial charge in [0.05, 0.1) is 0 Å². The standard InChI is InChI=1S/C6H5F2N3O/c7-3-1-2-4(8)10-5(3)11-6(9)12/h1-2H,(H3,9,10,11,12). The summed E-state index contributed by atoms with van der Waals surface area (Å²) < 4.78 is 25.0. The predicted octanol–water partition coefficient (Wildman–Crippen LogP) is 0.850. The third-order valence-corrected chi connectivity index (χ3v) is 1.05. The zero-order valence-electron chi connectivity index (χ0n) is 5.84. The van der Waals surface area contributed by atoms with Crippen LogP contribution >= 0.6 is 0 Å². The van der Waals surface area contributed by atoms with Crippen LogP contribution in [0.1, 0.15) is 0 Å². The van der Waals surface area contributed by atoms with Crippen molar-refractivity contribution in [3.05, 3.63) is 23.9 Å². The van der Waals surface area contributed by atoms with E-state index in [0.29, 0.717) is 0 Å². The Morgan fingerprint density at radius 3 is 2.75 bits per heavy atom. The third-order valence-electron chi connectivity index (χ3n) is 1.05. The lowest BCUT2D eigenvalue weighted by Gasteiger charge is -2.00. The molecular weight excluding hydrogens is 168 g/mol. The summed E-state index contributed by atoms with van der Waals surface area (Å²) in [6.45, 7) is 0. The number of pyridine rings is 1. The first-order chi connectivity index (χ1) is 5.59. The highest BCUT2D eigenvalue weighted by Crippen LogP contribution is 2.09. The van der Waals surface area contributed by atoms with Gasteiger partial charge in [0.25, 0.3) is 0 Å². The minimum atomic E-state index is -0.994. The Morgan fingerprint density at radius 1 is 1.50 bits per heavy atom. The summed E-state index contributed by atoms with van der Waals surface area (Å²) in [7, 11) is 0. The van der Waals surface area contributed by atoms with Gasteiger partial charge in [0.15, 0.2) is 11.6 Å². The van der Waals surface area contributed by atoms with Crippen molar-refractivity contribution >= 4 is 11.8 Å². The van der Waals surface area contributed by atoms with Crippen molar-refractivity contribution in [2.45, 2.75) is 0 Å². The SMILES string of the molecule is NC(=O)Nc1nc(F)ccc1F. The van der Waals surface area contributed by atoms with Crippen LogP contribution < -0.4 is 11.1 Å². The van der Waals surface area contributed by atoms with Crippen molar-refractivity contribution < 1.29 is 13.6 Å². The summed E-state index contributed by atoms with van der Waals surface area (Å²) in [6, 6.07) is 0.682. The molecule has 1 aromatic heterocycles. The summed E-state index contributed by atoms with van der Waals surface area (Å²) in [6.07, 6.45) is 0. The van der Waals surface area contributed by atoms with Crippen LogP contribution in [0.15, 0.2) is 12.1 Å². The fraction of sp³-hybridized carbons (Fsp3) is 0. The molecule has 64 valence electrons. The topological polar surface area (TPSA) is 68.0 Å². The molecule has 0 spiro atoms. The van der Waals surface area contributed by atoms with Gasteiger partial charge in [0.1, 0.15) is 0 Å². The minimum Gasteiger partial charge on any atom is -0.351 e. The van der Waals surface area contributed by atoms with E-state index in [9.17, 15) is 13.6 Å². The van der Waals surface area contributed by atoms with Gasteiger partial charge in [-0.2, -0.15) is 9.37 Å². The van der Waals surface area contributed by atoms with E-state index >= 15 is 0 Å². The Morgan fingerprint density at radius 2 is 2.17 bits per heavy atom. The lowest BCUT2D eigenvalue weighted by atomic mass is 10.4. The van der Waals surface area contributed by atoms with Crippen molar-refractivity contribution in [2.75, 3.05) is 5.32 Å². The molecule has 0 aliphatic rings. The number of primary amides is 1. The highest BCUT2D eigenvalue weighted by Gasteiger charge is 2.06. The van der Waals surface area contributed by atoms with E-state index in [4.69, 9.17) is 0 Å². The molecule has 0 bridgehead atoms. The first kappa shape index (κ1) is 8.38. The monoisotopic (exact) mass is 173 g/mol. The number of urea groups is 1. The van der Waals surface area contributed by atoms with E-state index in [1.807, 2.05) is 5.32 Å². The average molecular weight is 173 g/mol. The van der Waals surface area contributed by atoms with Gasteiger partial charge < -0.3 is 5.73 Å². The second kappa shape index (κ2) is 3.12. The van der Waals surface area contributed by atoms with Gasteiger partial charge in [-0.15, -0.1) is 0 Å². The number of amides is 2. The molecule has 4 nitrogen and oxygen atoms in total. The Bertz CT molecular complexity index is 316. The van der Waals surface area contributed by atoms with E-state index in [-0.39, 0.29) is 0 Å². The molecule has 3 N–H and O–H groups in total. The van der Waals surface area contributed by atoms with Crippen molar-refractivity contribution in [3.63, 3.8) is 0 Å². The highest BCUT2D eigenvalue weighted by molar-refractivity contribution is 5.86. The summed E-state index contributed by atoms with van der Waals surface area (Å²) in [5.74, 6) is -2.24. The van der Waals surface area contributed by atoms with Crippen molar-refractivity contribution in [1.29, 1.82) is 0 Å². The Kier molecular flexibility index (Phi) is 2.18. The molecule has 0 fully saturated rings. The number of hydrogen-bond donors (Lipinski definition) is 2. The number of aromatic nitrogens is 1. The molecule has 0 aliphatic heterocycles. The molecule has 2 amide bonds. The summed E-state index contributed by atoms with van der Waals surface area (Å²) in [4.78, 5) is 13.3. The van der Waals surface area contributed by atoms with Gasteiger partial charge in [-0.1, -0.05) is 0 Å². The number of carbonyl (C=O) groups excluding carboxylic acids is 1. The van der Waals surface area contributed by atoms with Gasteiger partial charge >= 0.3 is 6.03 Å². The van der Waals surface area contributed by atoms with Gasteiger partial charge in [0.2, 0.25) is 5.95 Å². The molecule has 1 heterocycles. The van der Waals surface area contributed by atoms with Gasteiger partial charge in [-0.25, -0.2) is 9.18 Å². The van der Waals surface area contributed by atoms with Gasteiger partial charge in [-0.05, 0) is 12.1 Å². The maximum Gasteiger partial charge on any atom is 0.317 e. The highest BCUT2D eigenvalue weighted by atomic mass is 19.1. The molecule has 0 atom stereocenters. The lowest BCUT2D eigenvalue weighted by molar-refractivity contribution is 0.259. The third kappa shape index (κ3) is 1.88. The van der Waals surface area contributed by atoms with Crippen LogP contribution in [-0.2, 0) is 0 Å². The predicted molar refractivity (Wildman–Crippen MR) is 37.4 cm³/mol. The molecule has 0 saturated heterocycles. The fourth-order valence-corrected chi connectivity index (χ4v) is 0.623. The number of nitrogens with two attached hydrogens (primary N) is 1. The number of halogens is 2. The molecule has 0 aliphatic carbocycles. The minimum absolute atomic E-state index is 0.512. The maximum atomic E-state index is 12.6. The molecule has 1 aromatic rings. The molecule has 6 heteroatoms. The van der Waals surface area contributed by atoms with Crippen LogP contribution in [-0.4, -0.2) is 11.0 Å². The van der Waals surface area contributed by atoms with Crippen LogP contribution in [0.25, 0.3) is 0 Å². The zero-order valence-corrected chi connectivity index (χ0v) is 5.84. The molecule has 0 radical (unpaired) electrons. The van der Waals surface area contributed by atoms with E-state index in [1.165, 1.54) is 0 Å². The molecule has 0 aromatic carbocycles. The molecule has 12 heavy (non-hydrogen) atoms. The number of nitrogens with zero attached hydrogens (tertiary/aromatic N) is 1. The van der Waals surface area contributed by atoms with Crippen LogP contribution in [0.4, 0.5) is 19.4 Å². The Labute approximate surface area is 66.4 Å². The van der Waals surface area contributed by atoms with E-state index in [0.717, 1.165) is 12.1 Å². The second-order valence-electron chi connectivity index (χ2n) is 1.95. The first-order valence-corrected chi connectivity index (χ1v) is 2.98. The van der Waals surface area contributed by atoms with E-state index in [2.05, 4.69) is 10.7 Å². The zero-order chi connectivity index (χ0) is 9.14. The molecule has 0 unspecified atom stereocenters. The van der Waals surface area contributed by atoms with Gasteiger partial charge in [-0.3, -0.25) is 5.32 Å². The smallest absolute Gasteiger partial charge is 0.317 e. The summed E-state index contributed by atoms with van der Waals surface area (Å²) in [5.41, 5.74) is 4.66. The average Bonchev–Trinajstić information content (AvgIpc) is 1.96. The Balaban J connectivity index is 2.97. The van der Waals surface area contributed by atoms with Crippen molar-refractivity contribution in [2.24, 2.45) is 5.73 Å². The van der Waals surface area contributed by atoms with Crippen molar-refractivity contribution in [1.82, 2.24) is 4.98 Å². The number of hydrogen-bond acceptors (Lipinski definition) is 2. The largest absolute Gasteiger partial charge is 0.351 e. The number of rotatable bonds is 1. The van der Waals surface area contributed by atoms with Crippen LogP contribution in [0, 0.1) is 11.8 Å². The second-order valence-corrected chi connectivity index (χ2v) is 1.95. The fourth-order valence-electron chi connectivity index (χ4n) is 0.623. The van der Waals surface area contributed by atoms with Crippen LogP contribution in [0.3, 0.4) is 0 Å². The molecular formula is C6H5F2N3O. The Hall–Kier alpha value is -1.72.